The molecule has 0 spiro atoms. The van der Waals surface area contributed by atoms with Gasteiger partial charge in [-0.3, -0.25) is 9.59 Å². The van der Waals surface area contributed by atoms with E-state index in [2.05, 4.69) is 43.1 Å². The van der Waals surface area contributed by atoms with Crippen LogP contribution in [0, 0.1) is 12.3 Å². The lowest BCUT2D eigenvalue weighted by Gasteiger charge is -2.36. The van der Waals surface area contributed by atoms with Crippen LogP contribution in [0.25, 0.3) is 5.69 Å². The van der Waals surface area contributed by atoms with Crippen LogP contribution >= 0.6 is 0 Å². The maximum atomic E-state index is 13.3. The quantitative estimate of drug-likeness (QED) is 0.720. The number of nitrogens with one attached hydrogen (secondary N) is 1. The van der Waals surface area contributed by atoms with Gasteiger partial charge in [-0.1, -0.05) is 27.2 Å². The number of aliphatic hydroxyl groups is 1. The summed E-state index contributed by atoms with van der Waals surface area (Å²) in [6, 6.07) is 4.30. The summed E-state index contributed by atoms with van der Waals surface area (Å²) in [4.78, 5) is 28.4. The third kappa shape index (κ3) is 4.04. The monoisotopic (exact) mass is 464 g/mol. The molecule has 1 fully saturated rings. The van der Waals surface area contributed by atoms with Crippen molar-refractivity contribution in [3.8, 4) is 5.69 Å². The number of hydrogen-bond donors (Lipinski definition) is 2. The highest BCUT2D eigenvalue weighted by molar-refractivity contribution is 6.03. The molecule has 1 aromatic heterocycles. The van der Waals surface area contributed by atoms with Crippen molar-refractivity contribution in [1.82, 2.24) is 15.1 Å². The van der Waals surface area contributed by atoms with Gasteiger partial charge in [-0.05, 0) is 62.1 Å². The SMILES string of the molecule is CCCC1Cc2cc(-n3nc(C)c4c3CC(C)(C)CC4=O)cc(N3CCC(O)CC3)c2C(=O)N1. The molecule has 1 unspecified atom stereocenters. The smallest absolute Gasteiger partial charge is 0.253 e. The summed E-state index contributed by atoms with van der Waals surface area (Å²) >= 11 is 0. The van der Waals surface area contributed by atoms with Gasteiger partial charge in [0.05, 0.1) is 40.0 Å². The van der Waals surface area contributed by atoms with E-state index in [4.69, 9.17) is 5.10 Å². The van der Waals surface area contributed by atoms with Gasteiger partial charge in [0.15, 0.2) is 5.78 Å². The molecule has 2 aliphatic heterocycles. The van der Waals surface area contributed by atoms with E-state index >= 15 is 0 Å². The summed E-state index contributed by atoms with van der Waals surface area (Å²) < 4.78 is 1.95. The Balaban J connectivity index is 1.66. The van der Waals surface area contributed by atoms with Crippen LogP contribution in [0.2, 0.25) is 0 Å². The predicted molar refractivity (Wildman–Crippen MR) is 132 cm³/mol. The lowest BCUT2D eigenvalue weighted by molar-refractivity contribution is 0.0906. The van der Waals surface area contributed by atoms with E-state index in [0.717, 1.165) is 65.1 Å². The number of benzene rings is 1. The first-order valence-corrected chi connectivity index (χ1v) is 12.7. The maximum Gasteiger partial charge on any atom is 0.253 e. The highest BCUT2D eigenvalue weighted by atomic mass is 16.3. The molecule has 0 bridgehead atoms. The molecule has 182 valence electrons. The minimum absolute atomic E-state index is 0.0117. The molecule has 34 heavy (non-hydrogen) atoms. The van der Waals surface area contributed by atoms with Crippen LogP contribution in [0.15, 0.2) is 12.1 Å². The van der Waals surface area contributed by atoms with Gasteiger partial charge in [0.25, 0.3) is 5.91 Å². The molecule has 7 nitrogen and oxygen atoms in total. The molecule has 7 heteroatoms. The van der Waals surface area contributed by atoms with Gasteiger partial charge in [0, 0.05) is 25.6 Å². The summed E-state index contributed by atoms with van der Waals surface area (Å²) in [5.41, 5.74) is 6.03. The molecule has 3 heterocycles. The molecular weight excluding hydrogens is 428 g/mol. The van der Waals surface area contributed by atoms with Gasteiger partial charge >= 0.3 is 0 Å². The minimum Gasteiger partial charge on any atom is -0.393 e. The van der Waals surface area contributed by atoms with Crippen molar-refractivity contribution < 1.29 is 14.7 Å². The fraction of sp³-hybridized carbons (Fsp3) is 0.593. The maximum absolute atomic E-state index is 13.3. The Bertz CT molecular complexity index is 1140. The Hall–Kier alpha value is -2.67. The van der Waals surface area contributed by atoms with Crippen LogP contribution in [-0.4, -0.2) is 51.8 Å². The van der Waals surface area contributed by atoms with Gasteiger partial charge < -0.3 is 15.3 Å². The third-order valence-electron chi connectivity index (χ3n) is 7.62. The number of amides is 1. The first-order chi connectivity index (χ1) is 16.2. The molecule has 2 N–H and O–H groups in total. The number of carbonyl (C=O) groups is 2. The number of ketones is 1. The Labute approximate surface area is 201 Å². The Morgan fingerprint density at radius 1 is 1.15 bits per heavy atom. The Morgan fingerprint density at radius 3 is 2.59 bits per heavy atom. The van der Waals surface area contributed by atoms with Crippen LogP contribution in [0.3, 0.4) is 0 Å². The largest absolute Gasteiger partial charge is 0.393 e. The zero-order chi connectivity index (χ0) is 24.2. The first-order valence-electron chi connectivity index (χ1n) is 12.7. The summed E-state index contributed by atoms with van der Waals surface area (Å²) in [5.74, 6) is 0.156. The summed E-state index contributed by atoms with van der Waals surface area (Å²) in [5, 5.41) is 18.1. The number of rotatable bonds is 4. The molecular formula is C27H36N4O3. The van der Waals surface area contributed by atoms with Gasteiger partial charge in [-0.15, -0.1) is 0 Å². The van der Waals surface area contributed by atoms with Crippen molar-refractivity contribution in [2.75, 3.05) is 18.0 Å². The molecule has 3 aliphatic rings. The molecule has 1 amide bonds. The van der Waals surface area contributed by atoms with Crippen molar-refractivity contribution in [3.63, 3.8) is 0 Å². The zero-order valence-corrected chi connectivity index (χ0v) is 20.8. The minimum atomic E-state index is -0.285. The van der Waals surface area contributed by atoms with E-state index in [1.165, 1.54) is 0 Å². The number of carbonyl (C=O) groups excluding carboxylic acids is 2. The lowest BCUT2D eigenvalue weighted by Crippen LogP contribution is -2.43. The van der Waals surface area contributed by atoms with E-state index < -0.39 is 0 Å². The van der Waals surface area contributed by atoms with Gasteiger partial charge in [0.1, 0.15) is 0 Å². The number of aliphatic hydroxyl groups excluding tert-OH is 1. The summed E-state index contributed by atoms with van der Waals surface area (Å²) in [7, 11) is 0. The molecule has 1 atom stereocenters. The van der Waals surface area contributed by atoms with Crippen LogP contribution in [0.5, 0.6) is 0 Å². The molecule has 0 radical (unpaired) electrons. The van der Waals surface area contributed by atoms with E-state index in [0.29, 0.717) is 32.4 Å². The molecule has 1 aromatic carbocycles. The van der Waals surface area contributed by atoms with Crippen LogP contribution < -0.4 is 10.2 Å². The number of nitrogens with zero attached hydrogens (tertiary/aromatic N) is 3. The lowest BCUT2D eigenvalue weighted by atomic mass is 9.75. The summed E-state index contributed by atoms with van der Waals surface area (Å²) in [6.45, 7) is 9.76. The van der Waals surface area contributed by atoms with Crippen molar-refractivity contribution in [3.05, 3.63) is 40.2 Å². The predicted octanol–water partition coefficient (Wildman–Crippen LogP) is 3.75. The van der Waals surface area contributed by atoms with Crippen LogP contribution in [0.1, 0.15) is 90.5 Å². The number of fused-ring (bicyclic) bond motifs is 2. The first kappa shape index (κ1) is 23.1. The van der Waals surface area contributed by atoms with Crippen LogP contribution in [0.4, 0.5) is 5.69 Å². The topological polar surface area (TPSA) is 87.5 Å². The van der Waals surface area contributed by atoms with E-state index in [9.17, 15) is 14.7 Å². The van der Waals surface area contributed by atoms with E-state index in [1.807, 2.05) is 11.6 Å². The van der Waals surface area contributed by atoms with Gasteiger partial charge in [0.2, 0.25) is 0 Å². The second-order valence-electron chi connectivity index (χ2n) is 11.1. The number of aromatic nitrogens is 2. The molecule has 5 rings (SSSR count). The number of hydrogen-bond acceptors (Lipinski definition) is 5. The number of anilines is 1. The Kier molecular flexibility index (Phi) is 5.79. The van der Waals surface area contributed by atoms with Crippen molar-refractivity contribution in [2.24, 2.45) is 5.41 Å². The average molecular weight is 465 g/mol. The highest BCUT2D eigenvalue weighted by Gasteiger charge is 2.37. The van der Waals surface area contributed by atoms with Crippen LogP contribution in [-0.2, 0) is 12.8 Å². The van der Waals surface area contributed by atoms with Crippen molar-refractivity contribution in [1.29, 1.82) is 0 Å². The Morgan fingerprint density at radius 2 is 1.88 bits per heavy atom. The third-order valence-corrected chi connectivity index (χ3v) is 7.62. The summed E-state index contributed by atoms with van der Waals surface area (Å²) in [6.07, 6.45) is 5.17. The van der Waals surface area contributed by atoms with Crippen molar-refractivity contribution >= 4 is 17.4 Å². The molecule has 1 saturated heterocycles. The standard InChI is InChI=1S/C27H36N4O3/c1-5-6-18-11-17-12-19(31-22-14-27(3,4)15-23(33)24(22)16(2)29-31)13-21(25(17)26(34)28-18)30-9-7-20(32)8-10-30/h12-13,18,20,32H,5-11,14-15H2,1-4H3,(H,28,34). The second kappa shape index (κ2) is 8.52. The number of Topliss-reactive ketones (excluding diaryl/α,β-unsaturated/α-hetero) is 1. The number of aryl methyl sites for hydroxylation is 1. The fourth-order valence-electron chi connectivity index (χ4n) is 6.02. The molecule has 1 aliphatic carbocycles. The second-order valence-corrected chi connectivity index (χ2v) is 11.1. The molecule has 2 aromatic rings. The number of piperidine rings is 1. The van der Waals surface area contributed by atoms with Gasteiger partial charge in [-0.2, -0.15) is 5.10 Å². The van der Waals surface area contributed by atoms with Gasteiger partial charge in [-0.25, -0.2) is 4.68 Å². The highest BCUT2D eigenvalue weighted by Crippen LogP contribution is 2.39. The van der Waals surface area contributed by atoms with E-state index in [1.54, 1.807) is 0 Å². The average Bonchev–Trinajstić information content (AvgIpc) is 3.09. The normalized spacial score (nSPS) is 22.4. The fourth-order valence-corrected chi connectivity index (χ4v) is 6.02. The van der Waals surface area contributed by atoms with Crippen molar-refractivity contribution in [2.45, 2.75) is 84.8 Å². The zero-order valence-electron chi connectivity index (χ0n) is 20.8. The molecule has 0 saturated carbocycles. The van der Waals surface area contributed by atoms with E-state index in [-0.39, 0.29) is 29.3 Å².